The number of nitrogens with one attached hydrogen (secondary N) is 2. The van der Waals surface area contributed by atoms with E-state index in [0.29, 0.717) is 40.9 Å². The molecular weight excluding hydrogens is 514 g/mol. The molecule has 0 saturated carbocycles. The van der Waals surface area contributed by atoms with Crippen molar-refractivity contribution in [2.24, 2.45) is 0 Å². The molecule has 3 aliphatic heterocycles. The van der Waals surface area contributed by atoms with Gasteiger partial charge in [0.2, 0.25) is 0 Å². The fourth-order valence-electron chi connectivity index (χ4n) is 5.89. The zero-order valence-corrected chi connectivity index (χ0v) is 22.9. The van der Waals surface area contributed by atoms with Crippen molar-refractivity contribution in [1.82, 2.24) is 30.0 Å². The van der Waals surface area contributed by atoms with E-state index < -0.39 is 0 Å². The van der Waals surface area contributed by atoms with Gasteiger partial charge in [0, 0.05) is 60.6 Å². The van der Waals surface area contributed by atoms with Crippen molar-refractivity contribution in [2.45, 2.75) is 32.0 Å². The quantitative estimate of drug-likeness (QED) is 0.298. The van der Waals surface area contributed by atoms with Crippen LogP contribution in [0.4, 0.5) is 17.5 Å². The summed E-state index contributed by atoms with van der Waals surface area (Å²) in [5.74, 6) is 3.61. The van der Waals surface area contributed by atoms with Crippen molar-refractivity contribution < 1.29 is 4.74 Å². The number of anilines is 3. The first-order valence-corrected chi connectivity index (χ1v) is 13.7. The third-order valence-corrected chi connectivity index (χ3v) is 7.98. The van der Waals surface area contributed by atoms with Gasteiger partial charge in [-0.25, -0.2) is 15.0 Å². The van der Waals surface area contributed by atoms with Gasteiger partial charge < -0.3 is 15.0 Å². The monoisotopic (exact) mass is 543 g/mol. The van der Waals surface area contributed by atoms with Gasteiger partial charge in [0.1, 0.15) is 23.5 Å². The minimum atomic E-state index is 0.464. The summed E-state index contributed by atoms with van der Waals surface area (Å²) in [5, 5.41) is 21.0. The fourth-order valence-corrected chi connectivity index (χ4v) is 5.89. The van der Waals surface area contributed by atoms with Crippen LogP contribution in [0.5, 0.6) is 5.75 Å². The molecule has 2 N–H and O–H groups in total. The molecule has 0 radical (unpaired) electrons. The lowest BCUT2D eigenvalue weighted by Crippen LogP contribution is -2.68. The number of methoxy groups -OCH3 is 1. The van der Waals surface area contributed by atoms with Gasteiger partial charge in [-0.1, -0.05) is 18.2 Å². The van der Waals surface area contributed by atoms with Gasteiger partial charge >= 0.3 is 0 Å². The standard InChI is InChI=1S/C31H29N9O/c1-19-11-28(38-37-19)35-31-25-5-3-4-6-26(25)34-30(36-31)21-8-10-29(33-15-21)39-17-23-13-24(18-39)40(23)16-20-7-9-27(41-2)22(12-20)14-32/h3-12,15,23-24H,13,16-18H2,1-2H3,(H2,34,35,36,37,38). The van der Waals surface area contributed by atoms with E-state index in [1.54, 1.807) is 7.11 Å². The smallest absolute Gasteiger partial charge is 0.163 e. The van der Waals surface area contributed by atoms with Gasteiger partial charge in [-0.2, -0.15) is 10.4 Å². The van der Waals surface area contributed by atoms with E-state index in [1.165, 1.54) is 6.42 Å². The van der Waals surface area contributed by atoms with Crippen molar-refractivity contribution in [1.29, 1.82) is 5.26 Å². The molecule has 3 fully saturated rings. The zero-order chi connectivity index (χ0) is 27.9. The van der Waals surface area contributed by atoms with E-state index in [1.807, 2.05) is 61.7 Å². The van der Waals surface area contributed by atoms with Crippen LogP contribution in [0, 0.1) is 18.3 Å². The number of aromatic amines is 1. The molecule has 0 amide bonds. The van der Waals surface area contributed by atoms with E-state index in [-0.39, 0.29) is 0 Å². The number of benzene rings is 2. The second kappa shape index (κ2) is 10.2. The van der Waals surface area contributed by atoms with Crippen LogP contribution in [0.1, 0.15) is 23.2 Å². The van der Waals surface area contributed by atoms with E-state index >= 15 is 0 Å². The Labute approximate surface area is 237 Å². The summed E-state index contributed by atoms with van der Waals surface area (Å²) < 4.78 is 5.30. The summed E-state index contributed by atoms with van der Waals surface area (Å²) >= 11 is 0. The van der Waals surface area contributed by atoms with Gasteiger partial charge in [-0.15, -0.1) is 0 Å². The summed E-state index contributed by atoms with van der Waals surface area (Å²) in [5.41, 5.74) is 4.40. The normalized spacial score (nSPS) is 18.1. The molecule has 3 aliphatic rings. The number of fused-ring (bicyclic) bond motifs is 3. The Morgan fingerprint density at radius 3 is 2.66 bits per heavy atom. The number of aryl methyl sites for hydroxylation is 1. The Balaban J connectivity index is 1.07. The van der Waals surface area contributed by atoms with E-state index in [0.717, 1.165) is 53.2 Å². The van der Waals surface area contributed by atoms with Crippen LogP contribution in [-0.2, 0) is 6.54 Å². The van der Waals surface area contributed by atoms with Gasteiger partial charge in [0.05, 0.1) is 18.2 Å². The van der Waals surface area contributed by atoms with Gasteiger partial charge in [-0.3, -0.25) is 10.00 Å². The molecule has 2 atom stereocenters. The van der Waals surface area contributed by atoms with Crippen LogP contribution in [0.3, 0.4) is 0 Å². The molecule has 3 aromatic heterocycles. The number of rotatable bonds is 7. The number of hydrogen-bond acceptors (Lipinski definition) is 9. The molecule has 8 rings (SSSR count). The third-order valence-electron chi connectivity index (χ3n) is 7.98. The number of aromatic nitrogens is 5. The second-order valence-corrected chi connectivity index (χ2v) is 10.6. The number of nitrogens with zero attached hydrogens (tertiary/aromatic N) is 7. The maximum atomic E-state index is 9.44. The van der Waals surface area contributed by atoms with E-state index in [4.69, 9.17) is 19.7 Å². The summed E-state index contributed by atoms with van der Waals surface area (Å²) in [6, 6.07) is 23.1. The number of ether oxygens (including phenoxy) is 1. The van der Waals surface area contributed by atoms with Crippen molar-refractivity contribution in [3.63, 3.8) is 0 Å². The average molecular weight is 544 g/mol. The third kappa shape index (κ3) is 4.70. The predicted octanol–water partition coefficient (Wildman–Crippen LogP) is 4.81. The Hall–Kier alpha value is -5.01. The highest BCUT2D eigenvalue weighted by Crippen LogP contribution is 2.36. The molecule has 3 saturated heterocycles. The highest BCUT2D eigenvalue weighted by Gasteiger charge is 2.44. The first-order chi connectivity index (χ1) is 20.1. The van der Waals surface area contributed by atoms with Crippen molar-refractivity contribution in [2.75, 3.05) is 30.4 Å². The molecule has 2 bridgehead atoms. The van der Waals surface area contributed by atoms with E-state index in [2.05, 4.69) is 43.5 Å². The molecule has 6 heterocycles. The first-order valence-electron chi connectivity index (χ1n) is 13.7. The number of H-pyrrole nitrogens is 1. The molecule has 5 aromatic rings. The summed E-state index contributed by atoms with van der Waals surface area (Å²) in [6.45, 7) is 4.65. The molecule has 0 aliphatic carbocycles. The lowest BCUT2D eigenvalue weighted by molar-refractivity contribution is -0.00869. The number of nitriles is 1. The largest absolute Gasteiger partial charge is 0.495 e. The molecule has 204 valence electrons. The second-order valence-electron chi connectivity index (χ2n) is 10.6. The highest BCUT2D eigenvalue weighted by atomic mass is 16.5. The minimum Gasteiger partial charge on any atom is -0.495 e. The topological polar surface area (TPSA) is 119 Å². The summed E-state index contributed by atoms with van der Waals surface area (Å²) in [6.07, 6.45) is 3.05. The van der Waals surface area contributed by atoms with Crippen molar-refractivity contribution in [3.8, 4) is 23.2 Å². The van der Waals surface area contributed by atoms with Crippen LogP contribution in [0.25, 0.3) is 22.3 Å². The number of para-hydroxylation sites is 1. The Kier molecular flexibility index (Phi) is 6.21. The predicted molar refractivity (Wildman–Crippen MR) is 157 cm³/mol. The Morgan fingerprint density at radius 1 is 1.07 bits per heavy atom. The number of hydrogen-bond donors (Lipinski definition) is 2. The maximum Gasteiger partial charge on any atom is 0.163 e. The number of piperazine rings is 1. The summed E-state index contributed by atoms with van der Waals surface area (Å²) in [4.78, 5) is 19.4. The van der Waals surface area contributed by atoms with Crippen LogP contribution in [0.15, 0.2) is 66.9 Å². The molecule has 10 heteroatoms. The van der Waals surface area contributed by atoms with Crippen LogP contribution < -0.4 is 15.0 Å². The number of pyridine rings is 1. The SMILES string of the molecule is COc1ccc(CN2C3CC2CN(c2ccc(-c4nc(Nc5cc(C)[nH]n5)c5ccccc5n4)cn2)C3)cc1C#N. The summed E-state index contributed by atoms with van der Waals surface area (Å²) in [7, 11) is 1.59. The van der Waals surface area contributed by atoms with Crippen LogP contribution in [-0.4, -0.2) is 62.3 Å². The molecule has 2 unspecified atom stereocenters. The van der Waals surface area contributed by atoms with Gasteiger partial charge in [-0.05, 0) is 55.3 Å². The lowest BCUT2D eigenvalue weighted by Gasteiger charge is -2.56. The zero-order valence-electron chi connectivity index (χ0n) is 22.9. The molecule has 10 nitrogen and oxygen atoms in total. The fraction of sp³-hybridized carbons (Fsp3) is 0.258. The lowest BCUT2D eigenvalue weighted by atomic mass is 9.86. The van der Waals surface area contributed by atoms with Crippen LogP contribution in [0.2, 0.25) is 0 Å². The van der Waals surface area contributed by atoms with Crippen molar-refractivity contribution >= 4 is 28.4 Å². The highest BCUT2D eigenvalue weighted by molar-refractivity contribution is 5.92. The maximum absolute atomic E-state index is 9.44. The van der Waals surface area contributed by atoms with E-state index in [9.17, 15) is 5.26 Å². The molecular formula is C31H29N9O. The molecule has 41 heavy (non-hydrogen) atoms. The van der Waals surface area contributed by atoms with Crippen molar-refractivity contribution in [3.05, 3.63) is 83.7 Å². The van der Waals surface area contributed by atoms with Crippen LogP contribution >= 0.6 is 0 Å². The van der Waals surface area contributed by atoms with Gasteiger partial charge in [0.15, 0.2) is 11.6 Å². The Morgan fingerprint density at radius 2 is 1.93 bits per heavy atom. The first kappa shape index (κ1) is 25.0. The Bertz CT molecular complexity index is 1760. The van der Waals surface area contributed by atoms with Gasteiger partial charge in [0.25, 0.3) is 0 Å². The molecule has 0 spiro atoms. The average Bonchev–Trinajstić information content (AvgIpc) is 3.43. The molecule has 2 aromatic carbocycles. The minimum absolute atomic E-state index is 0.464. The number of piperidine rings is 1.